The number of nitrogens with zero attached hydrogens (tertiary/aromatic N) is 1. The molecule has 0 spiro atoms. The number of amides is 1. The first-order valence-corrected chi connectivity index (χ1v) is 5.10. The van der Waals surface area contributed by atoms with Crippen LogP contribution in [0.5, 0.6) is 0 Å². The second-order valence-electron chi connectivity index (χ2n) is 4.73. The van der Waals surface area contributed by atoms with E-state index in [-0.39, 0.29) is 63.5 Å². The van der Waals surface area contributed by atoms with Crippen LogP contribution in [0, 0.1) is 0 Å². The molecule has 0 aliphatic carbocycles. The van der Waals surface area contributed by atoms with Crippen LogP contribution < -0.4 is 5.32 Å². The average Bonchev–Trinajstić information content (AvgIpc) is 2.01. The van der Waals surface area contributed by atoms with Crippen molar-refractivity contribution in [3.05, 3.63) is 0 Å². The van der Waals surface area contributed by atoms with E-state index in [2.05, 4.69) is 5.32 Å². The number of hydrogen-bond acceptors (Lipinski definition) is 3. The third kappa shape index (κ3) is 5.65. The van der Waals surface area contributed by atoms with Crippen molar-refractivity contribution in [3.63, 3.8) is 0 Å². The van der Waals surface area contributed by atoms with E-state index in [0.717, 1.165) is 19.6 Å². The summed E-state index contributed by atoms with van der Waals surface area (Å²) in [6.45, 7) is 10.1. The fourth-order valence-electron chi connectivity index (χ4n) is 1.43. The van der Waals surface area contributed by atoms with Crippen molar-refractivity contribution < 1.29 is 9.53 Å². The van der Waals surface area contributed by atoms with Gasteiger partial charge in [0.15, 0.2) is 0 Å². The molecule has 4 nitrogen and oxygen atoms in total. The number of carbonyl (C=O) groups is 1. The third-order valence-corrected chi connectivity index (χ3v) is 2.13. The Bertz CT molecular complexity index is 216. The molecule has 1 atom stereocenters. The Morgan fingerprint density at radius 1 is 1.47 bits per heavy atom. The van der Waals surface area contributed by atoms with E-state index in [9.17, 15) is 4.79 Å². The van der Waals surface area contributed by atoms with Gasteiger partial charge in [0.2, 0.25) is 0 Å². The van der Waals surface area contributed by atoms with Crippen LogP contribution in [-0.4, -0.2) is 93.7 Å². The van der Waals surface area contributed by atoms with Gasteiger partial charge < -0.3 is 15.0 Å². The maximum Gasteiger partial charge on any atom is 0.410 e. The Kier molecular flexibility index (Phi) is 6.94. The quantitative estimate of drug-likeness (QED) is 0.637. The molecule has 1 aliphatic heterocycles. The van der Waals surface area contributed by atoms with Crippen molar-refractivity contribution in [2.45, 2.75) is 39.3 Å². The molecule has 1 rings (SSSR count). The molecule has 0 aromatic heterocycles. The van der Waals surface area contributed by atoms with Crippen LogP contribution in [0.4, 0.5) is 4.79 Å². The average molecular weight is 239 g/mol. The SMILES string of the molecule is CC1CNCCN1C(=O)OC(C)(C)C.[K]. The molecule has 1 amide bonds. The van der Waals surface area contributed by atoms with Crippen molar-refractivity contribution in [2.24, 2.45) is 0 Å². The monoisotopic (exact) mass is 239 g/mol. The molecule has 1 radical (unpaired) electrons. The number of rotatable bonds is 0. The van der Waals surface area contributed by atoms with Gasteiger partial charge in [0.05, 0.1) is 0 Å². The van der Waals surface area contributed by atoms with Crippen molar-refractivity contribution in [1.82, 2.24) is 10.2 Å². The van der Waals surface area contributed by atoms with Gasteiger partial charge in [0.25, 0.3) is 0 Å². The minimum atomic E-state index is -0.401. The van der Waals surface area contributed by atoms with Gasteiger partial charge in [0, 0.05) is 77.1 Å². The minimum absolute atomic E-state index is 0. The maximum atomic E-state index is 11.7. The fourth-order valence-corrected chi connectivity index (χ4v) is 1.43. The van der Waals surface area contributed by atoms with E-state index in [1.54, 1.807) is 4.90 Å². The summed E-state index contributed by atoms with van der Waals surface area (Å²) in [5, 5.41) is 3.23. The van der Waals surface area contributed by atoms with Crippen LogP contribution in [0.15, 0.2) is 0 Å². The number of ether oxygens (including phenoxy) is 1. The Labute approximate surface area is 135 Å². The zero-order chi connectivity index (χ0) is 10.8. The first-order chi connectivity index (χ1) is 6.40. The summed E-state index contributed by atoms with van der Waals surface area (Å²) in [6.07, 6.45) is -0.202. The van der Waals surface area contributed by atoms with E-state index in [0.29, 0.717) is 0 Å². The molecule has 0 saturated carbocycles. The van der Waals surface area contributed by atoms with Crippen LogP contribution >= 0.6 is 0 Å². The second-order valence-corrected chi connectivity index (χ2v) is 4.73. The Morgan fingerprint density at radius 2 is 2.07 bits per heavy atom. The van der Waals surface area contributed by atoms with Crippen molar-refractivity contribution in [3.8, 4) is 0 Å². The third-order valence-electron chi connectivity index (χ3n) is 2.13. The number of hydrogen-bond donors (Lipinski definition) is 1. The largest absolute Gasteiger partial charge is 0.444 e. The van der Waals surface area contributed by atoms with E-state index in [1.165, 1.54) is 0 Å². The van der Waals surface area contributed by atoms with Crippen LogP contribution in [0.25, 0.3) is 0 Å². The summed E-state index contributed by atoms with van der Waals surface area (Å²) in [7, 11) is 0. The molecule has 1 unspecified atom stereocenters. The molecule has 1 N–H and O–H groups in total. The van der Waals surface area contributed by atoms with Gasteiger partial charge in [-0.1, -0.05) is 0 Å². The second kappa shape index (κ2) is 6.57. The summed E-state index contributed by atoms with van der Waals surface area (Å²) in [5.74, 6) is 0. The number of piperazine rings is 1. The molecule has 0 bridgehead atoms. The minimum Gasteiger partial charge on any atom is -0.444 e. The van der Waals surface area contributed by atoms with Crippen molar-refractivity contribution >= 4 is 57.5 Å². The summed E-state index contributed by atoms with van der Waals surface area (Å²) >= 11 is 0. The van der Waals surface area contributed by atoms with Gasteiger partial charge in [-0.2, -0.15) is 0 Å². The van der Waals surface area contributed by atoms with Gasteiger partial charge in [-0.25, -0.2) is 4.79 Å². The molecule has 1 heterocycles. The molecule has 83 valence electrons. The summed E-state index contributed by atoms with van der Waals surface area (Å²) in [4.78, 5) is 13.5. The molecule has 15 heavy (non-hydrogen) atoms. The van der Waals surface area contributed by atoms with Gasteiger partial charge in [0.1, 0.15) is 5.60 Å². The van der Waals surface area contributed by atoms with Crippen LogP contribution in [-0.2, 0) is 4.74 Å². The maximum absolute atomic E-state index is 11.7. The van der Waals surface area contributed by atoms with Gasteiger partial charge in [-0.3, -0.25) is 0 Å². The predicted octanol–water partition coefficient (Wildman–Crippen LogP) is 0.834. The van der Waals surface area contributed by atoms with Gasteiger partial charge in [-0.05, 0) is 27.7 Å². The predicted molar refractivity (Wildman–Crippen MR) is 61.0 cm³/mol. The van der Waals surface area contributed by atoms with E-state index in [4.69, 9.17) is 4.74 Å². The molecule has 1 fully saturated rings. The standard InChI is InChI=1S/C10H20N2O2.K/c1-8-7-11-5-6-12(8)9(13)14-10(2,3)4;/h8,11H,5-7H2,1-4H3;. The van der Waals surface area contributed by atoms with Gasteiger partial charge >= 0.3 is 6.09 Å². The van der Waals surface area contributed by atoms with Crippen LogP contribution in [0.2, 0.25) is 0 Å². The number of nitrogens with one attached hydrogen (secondary N) is 1. The van der Waals surface area contributed by atoms with E-state index in [1.807, 2.05) is 27.7 Å². The number of carbonyl (C=O) groups excluding carboxylic acids is 1. The van der Waals surface area contributed by atoms with Crippen LogP contribution in [0.3, 0.4) is 0 Å². The molecule has 0 aromatic carbocycles. The smallest absolute Gasteiger partial charge is 0.410 e. The van der Waals surface area contributed by atoms with Gasteiger partial charge in [-0.15, -0.1) is 0 Å². The summed E-state index contributed by atoms with van der Waals surface area (Å²) in [5.41, 5.74) is -0.401. The van der Waals surface area contributed by atoms with Crippen LogP contribution in [0.1, 0.15) is 27.7 Å². The summed E-state index contributed by atoms with van der Waals surface area (Å²) in [6, 6.07) is 0.221. The Morgan fingerprint density at radius 3 is 2.53 bits per heavy atom. The molecule has 1 aliphatic rings. The Balaban J connectivity index is 0.00000196. The molecule has 5 heteroatoms. The first-order valence-electron chi connectivity index (χ1n) is 5.10. The zero-order valence-electron chi connectivity index (χ0n) is 10.5. The fraction of sp³-hybridized carbons (Fsp3) is 0.900. The van der Waals surface area contributed by atoms with Crippen molar-refractivity contribution in [2.75, 3.05) is 19.6 Å². The Hall–Kier alpha value is 0.866. The van der Waals surface area contributed by atoms with Crippen molar-refractivity contribution in [1.29, 1.82) is 0 Å². The van der Waals surface area contributed by atoms with E-state index >= 15 is 0 Å². The van der Waals surface area contributed by atoms with E-state index < -0.39 is 5.60 Å². The summed E-state index contributed by atoms with van der Waals surface area (Å²) < 4.78 is 5.31. The zero-order valence-corrected chi connectivity index (χ0v) is 13.6. The first kappa shape index (κ1) is 15.9. The normalized spacial score (nSPS) is 21.9. The molecule has 0 aromatic rings. The molecule has 1 saturated heterocycles. The molecular formula is C10H20KN2O2. The molecular weight excluding hydrogens is 219 g/mol. The topological polar surface area (TPSA) is 41.6 Å².